The molecule has 1 saturated heterocycles. The third kappa shape index (κ3) is 3.57. The number of anilines is 3. The Labute approximate surface area is 156 Å². The van der Waals surface area contributed by atoms with E-state index in [1.807, 2.05) is 54.2 Å². The molecule has 1 aromatic carbocycles. The molecule has 0 bridgehead atoms. The molecular weight excluding hydrogens is 344 g/mol. The lowest BCUT2D eigenvalue weighted by Crippen LogP contribution is -2.52. The Kier molecular flexibility index (Phi) is 4.41. The van der Waals surface area contributed by atoms with Crippen molar-refractivity contribution >= 4 is 23.1 Å². The highest BCUT2D eigenvalue weighted by Crippen LogP contribution is 2.25. The number of hydrogen-bond donors (Lipinski definition) is 1. The number of carbonyl (C=O) groups is 1. The van der Waals surface area contributed by atoms with Crippen molar-refractivity contribution in [3.05, 3.63) is 49.3 Å². The van der Waals surface area contributed by atoms with Gasteiger partial charge in [0.1, 0.15) is 24.8 Å². The van der Waals surface area contributed by atoms with E-state index in [1.165, 1.54) is 12.7 Å². The van der Waals surface area contributed by atoms with Gasteiger partial charge < -0.3 is 15.1 Å². The Balaban J connectivity index is 1.35. The van der Waals surface area contributed by atoms with E-state index < -0.39 is 0 Å². The van der Waals surface area contributed by atoms with Crippen LogP contribution in [0.4, 0.5) is 17.2 Å². The minimum Gasteiger partial charge on any atom is -0.378 e. The number of nitrogens with one attached hydrogen (secondary N) is 1. The highest BCUT2D eigenvalue weighted by Gasteiger charge is 2.33. The monoisotopic (exact) mass is 364 g/mol. The van der Waals surface area contributed by atoms with Crippen LogP contribution in [0.3, 0.4) is 0 Å². The van der Waals surface area contributed by atoms with E-state index in [0.29, 0.717) is 18.9 Å². The lowest BCUT2D eigenvalue weighted by atomic mass is 9.99. The van der Waals surface area contributed by atoms with Gasteiger partial charge in [0.25, 0.3) is 0 Å². The second kappa shape index (κ2) is 7.02. The van der Waals surface area contributed by atoms with Crippen molar-refractivity contribution in [3.8, 4) is 5.82 Å². The van der Waals surface area contributed by atoms with Crippen molar-refractivity contribution in [1.29, 1.82) is 0 Å². The van der Waals surface area contributed by atoms with Crippen LogP contribution in [0, 0.1) is 5.92 Å². The van der Waals surface area contributed by atoms with Crippen molar-refractivity contribution in [2.24, 2.45) is 5.92 Å². The number of hydrogen-bond acceptors (Lipinski definition) is 7. The summed E-state index contributed by atoms with van der Waals surface area (Å²) in [5, 5.41) is 7.04. The fourth-order valence-electron chi connectivity index (χ4n) is 2.88. The van der Waals surface area contributed by atoms with Gasteiger partial charge in [-0.15, -0.1) is 0 Å². The van der Waals surface area contributed by atoms with Crippen LogP contribution in [0.1, 0.15) is 0 Å². The summed E-state index contributed by atoms with van der Waals surface area (Å²) in [6.07, 6.45) is 4.53. The summed E-state index contributed by atoms with van der Waals surface area (Å²) in [5.41, 5.74) is 1.90. The zero-order valence-electron chi connectivity index (χ0n) is 15.1. The highest BCUT2D eigenvalue weighted by atomic mass is 16.2. The van der Waals surface area contributed by atoms with Gasteiger partial charge in [-0.1, -0.05) is 0 Å². The molecule has 138 valence electrons. The number of carbonyl (C=O) groups excluding carboxylic acids is 1. The Morgan fingerprint density at radius 3 is 2.52 bits per heavy atom. The minimum atomic E-state index is -0.0664. The average molecular weight is 364 g/mol. The molecule has 1 aliphatic heterocycles. The molecule has 0 radical (unpaired) electrons. The topological polar surface area (TPSA) is 92.1 Å². The van der Waals surface area contributed by atoms with Gasteiger partial charge in [0.05, 0.1) is 5.92 Å². The average Bonchev–Trinajstić information content (AvgIpc) is 3.16. The van der Waals surface area contributed by atoms with Crippen LogP contribution in [-0.2, 0) is 4.79 Å². The summed E-state index contributed by atoms with van der Waals surface area (Å²) in [7, 11) is 3.97. The molecule has 0 saturated carbocycles. The van der Waals surface area contributed by atoms with Crippen molar-refractivity contribution in [3.63, 3.8) is 0 Å². The zero-order valence-corrected chi connectivity index (χ0v) is 15.1. The molecule has 0 spiro atoms. The third-order valence-electron chi connectivity index (χ3n) is 4.52. The molecule has 1 fully saturated rings. The molecule has 9 heteroatoms. The molecule has 3 heterocycles. The number of aromatic nitrogens is 5. The zero-order chi connectivity index (χ0) is 18.8. The van der Waals surface area contributed by atoms with Crippen LogP contribution in [0.5, 0.6) is 0 Å². The maximum Gasteiger partial charge on any atom is 0.231 e. The molecule has 0 atom stereocenters. The molecule has 3 aromatic rings. The van der Waals surface area contributed by atoms with Crippen LogP contribution in [0.15, 0.2) is 49.3 Å². The SMILES string of the molecule is CN(C)c1ccc(NC(=O)C2CN(c3cc(-n4cncn4)ncn3)C2)cc1. The van der Waals surface area contributed by atoms with Crippen LogP contribution < -0.4 is 15.1 Å². The summed E-state index contributed by atoms with van der Waals surface area (Å²) >= 11 is 0. The first-order chi connectivity index (χ1) is 13.1. The predicted octanol–water partition coefficient (Wildman–Crippen LogP) is 1.20. The molecule has 2 aromatic heterocycles. The lowest BCUT2D eigenvalue weighted by Gasteiger charge is -2.39. The maximum absolute atomic E-state index is 12.4. The molecule has 0 aliphatic carbocycles. The van der Waals surface area contributed by atoms with E-state index in [-0.39, 0.29) is 11.8 Å². The van der Waals surface area contributed by atoms with E-state index in [1.54, 1.807) is 11.0 Å². The Bertz CT molecular complexity index is 917. The first-order valence-corrected chi connectivity index (χ1v) is 8.60. The number of amides is 1. The minimum absolute atomic E-state index is 0.0226. The van der Waals surface area contributed by atoms with Crippen LogP contribution in [0.2, 0.25) is 0 Å². The predicted molar refractivity (Wildman–Crippen MR) is 102 cm³/mol. The summed E-state index contributed by atoms with van der Waals surface area (Å²) in [5.74, 6) is 1.37. The molecule has 1 aliphatic rings. The second-order valence-corrected chi connectivity index (χ2v) is 6.61. The Hall–Kier alpha value is -3.49. The van der Waals surface area contributed by atoms with Gasteiger partial charge in [-0.3, -0.25) is 4.79 Å². The van der Waals surface area contributed by atoms with E-state index in [9.17, 15) is 4.79 Å². The van der Waals surface area contributed by atoms with Crippen LogP contribution >= 0.6 is 0 Å². The Morgan fingerprint density at radius 2 is 1.85 bits per heavy atom. The van der Waals surface area contributed by atoms with Gasteiger partial charge in [-0.25, -0.2) is 19.6 Å². The van der Waals surface area contributed by atoms with Crippen LogP contribution in [-0.4, -0.2) is 57.8 Å². The maximum atomic E-state index is 12.4. The van der Waals surface area contributed by atoms with E-state index in [0.717, 1.165) is 17.2 Å². The lowest BCUT2D eigenvalue weighted by molar-refractivity contribution is -0.120. The van der Waals surface area contributed by atoms with Gasteiger partial charge in [-0.2, -0.15) is 5.10 Å². The summed E-state index contributed by atoms with van der Waals surface area (Å²) in [4.78, 5) is 28.9. The van der Waals surface area contributed by atoms with Gasteiger partial charge in [-0.05, 0) is 24.3 Å². The molecule has 1 amide bonds. The van der Waals surface area contributed by atoms with Crippen molar-refractivity contribution in [2.45, 2.75) is 0 Å². The van der Waals surface area contributed by atoms with Gasteiger partial charge >= 0.3 is 0 Å². The van der Waals surface area contributed by atoms with Crippen molar-refractivity contribution in [2.75, 3.05) is 42.3 Å². The van der Waals surface area contributed by atoms with Gasteiger partial charge in [0, 0.05) is 44.6 Å². The summed E-state index contributed by atoms with van der Waals surface area (Å²) in [6, 6.07) is 9.63. The summed E-state index contributed by atoms with van der Waals surface area (Å²) in [6.45, 7) is 1.24. The van der Waals surface area contributed by atoms with Crippen molar-refractivity contribution in [1.82, 2.24) is 24.7 Å². The molecule has 0 unspecified atom stereocenters. The van der Waals surface area contributed by atoms with Crippen molar-refractivity contribution < 1.29 is 4.79 Å². The molecule has 9 nitrogen and oxygen atoms in total. The smallest absolute Gasteiger partial charge is 0.231 e. The fourth-order valence-corrected chi connectivity index (χ4v) is 2.88. The molecule has 1 N–H and O–H groups in total. The van der Waals surface area contributed by atoms with E-state index in [2.05, 4.69) is 25.4 Å². The molecule has 27 heavy (non-hydrogen) atoms. The summed E-state index contributed by atoms with van der Waals surface area (Å²) < 4.78 is 1.58. The van der Waals surface area contributed by atoms with E-state index in [4.69, 9.17) is 0 Å². The van der Waals surface area contributed by atoms with Gasteiger partial charge in [0.2, 0.25) is 5.91 Å². The second-order valence-electron chi connectivity index (χ2n) is 6.61. The molecule has 4 rings (SSSR count). The fraction of sp³-hybridized carbons (Fsp3) is 0.278. The highest BCUT2D eigenvalue weighted by molar-refractivity contribution is 5.94. The quantitative estimate of drug-likeness (QED) is 0.727. The number of nitrogens with zero attached hydrogens (tertiary/aromatic N) is 7. The van der Waals surface area contributed by atoms with E-state index >= 15 is 0 Å². The first-order valence-electron chi connectivity index (χ1n) is 8.60. The van der Waals surface area contributed by atoms with Crippen LogP contribution in [0.25, 0.3) is 5.82 Å². The largest absolute Gasteiger partial charge is 0.378 e. The molecular formula is C18H20N8O. The third-order valence-corrected chi connectivity index (χ3v) is 4.52. The number of benzene rings is 1. The number of rotatable bonds is 5. The Morgan fingerprint density at radius 1 is 1.11 bits per heavy atom. The van der Waals surface area contributed by atoms with Gasteiger partial charge in [0.15, 0.2) is 5.82 Å². The normalized spacial score (nSPS) is 13.9. The first kappa shape index (κ1) is 17.0. The standard InChI is InChI=1S/C18H20N8O/c1-24(2)15-5-3-14(4-6-15)23-18(27)13-8-25(9-13)16-7-17(21-11-20-16)26-12-19-10-22-26/h3-7,10-13H,8-9H2,1-2H3,(H,23,27).